The summed E-state index contributed by atoms with van der Waals surface area (Å²) in [7, 11) is 6.84. The van der Waals surface area contributed by atoms with Gasteiger partial charge < -0.3 is 15.0 Å². The number of hydrogen-bond acceptors (Lipinski definition) is 4. The molecular weight excluding hydrogens is 307 g/mol. The summed E-state index contributed by atoms with van der Waals surface area (Å²) in [5.41, 5.74) is -0.507. The summed E-state index contributed by atoms with van der Waals surface area (Å²) in [6, 6.07) is -1.08. The highest BCUT2D eigenvalue weighted by Crippen LogP contribution is 2.23. The summed E-state index contributed by atoms with van der Waals surface area (Å²) in [6.45, 7) is 11.4. The Morgan fingerprint density at radius 3 is 2.17 bits per heavy atom. The van der Waals surface area contributed by atoms with E-state index in [0.717, 1.165) is 0 Å². The number of ether oxygens (including phenoxy) is 1. The standard InChI is InChI=1S/C17H29BN2O4/c1-8-24-13(21)10-9-12(11(2)3)20(7)15(22)14(17(4,5)6)19-16(18)23/h9-12,14H,8H2,1-7H3,(H,19,23)/b10-9+/t12-,14-/m1/s1. The maximum atomic E-state index is 12.8. The van der Waals surface area contributed by atoms with Gasteiger partial charge in [-0.25, -0.2) is 4.79 Å². The topological polar surface area (TPSA) is 75.7 Å². The Bertz CT molecular complexity index is 483. The molecule has 134 valence electrons. The van der Waals surface area contributed by atoms with Crippen LogP contribution < -0.4 is 5.32 Å². The normalized spacial score (nSPS) is 14.3. The molecule has 0 rings (SSSR count). The van der Waals surface area contributed by atoms with Gasteiger partial charge in [-0.3, -0.25) is 9.59 Å². The number of likely N-dealkylation sites (N-methyl/N-ethyl adjacent to an activating group) is 1. The molecule has 0 aromatic rings. The van der Waals surface area contributed by atoms with Crippen LogP contribution in [-0.4, -0.2) is 56.2 Å². The molecule has 7 heteroatoms. The van der Waals surface area contributed by atoms with Crippen molar-refractivity contribution in [3.8, 4) is 0 Å². The molecular formula is C17H29BN2O4. The van der Waals surface area contributed by atoms with Gasteiger partial charge in [0, 0.05) is 13.1 Å². The van der Waals surface area contributed by atoms with Gasteiger partial charge in [0.25, 0.3) is 0 Å². The average molecular weight is 336 g/mol. The Kier molecular flexibility index (Phi) is 8.79. The van der Waals surface area contributed by atoms with Gasteiger partial charge in [0.1, 0.15) is 6.04 Å². The molecule has 0 heterocycles. The third kappa shape index (κ3) is 7.19. The molecule has 0 aliphatic rings. The van der Waals surface area contributed by atoms with Crippen molar-refractivity contribution in [3.05, 3.63) is 12.2 Å². The van der Waals surface area contributed by atoms with E-state index in [9.17, 15) is 14.4 Å². The van der Waals surface area contributed by atoms with Crippen molar-refractivity contribution in [2.75, 3.05) is 13.7 Å². The van der Waals surface area contributed by atoms with E-state index >= 15 is 0 Å². The van der Waals surface area contributed by atoms with Gasteiger partial charge in [-0.15, -0.1) is 0 Å². The highest BCUT2D eigenvalue weighted by molar-refractivity contribution is 6.57. The number of hydrogen-bond donors (Lipinski definition) is 1. The lowest BCUT2D eigenvalue weighted by Crippen LogP contribution is -2.56. The predicted molar refractivity (Wildman–Crippen MR) is 94.7 cm³/mol. The maximum absolute atomic E-state index is 12.8. The summed E-state index contributed by atoms with van der Waals surface area (Å²) in [5, 5.41) is 2.51. The first kappa shape index (κ1) is 22.2. The number of amides is 2. The summed E-state index contributed by atoms with van der Waals surface area (Å²) >= 11 is 0. The number of nitrogens with zero attached hydrogens (tertiary/aromatic N) is 1. The van der Waals surface area contributed by atoms with Crippen LogP contribution in [0.1, 0.15) is 41.5 Å². The van der Waals surface area contributed by atoms with Gasteiger partial charge in [0.2, 0.25) is 13.8 Å². The fraction of sp³-hybridized carbons (Fsp3) is 0.706. The van der Waals surface area contributed by atoms with Gasteiger partial charge in [0.15, 0.2) is 5.81 Å². The molecule has 0 aliphatic heterocycles. The predicted octanol–water partition coefficient (Wildman–Crippen LogP) is 1.88. The van der Waals surface area contributed by atoms with Crippen molar-refractivity contribution in [2.45, 2.75) is 53.6 Å². The minimum atomic E-state index is -0.766. The zero-order chi connectivity index (χ0) is 19.1. The quantitative estimate of drug-likeness (QED) is 0.438. The Morgan fingerprint density at radius 2 is 1.79 bits per heavy atom. The highest BCUT2D eigenvalue weighted by Gasteiger charge is 2.36. The highest BCUT2D eigenvalue weighted by atomic mass is 16.5. The fourth-order valence-corrected chi connectivity index (χ4v) is 2.31. The molecule has 1 N–H and O–H groups in total. The van der Waals surface area contributed by atoms with Crippen LogP contribution in [0.5, 0.6) is 0 Å². The first-order chi connectivity index (χ1) is 10.9. The average Bonchev–Trinajstić information content (AvgIpc) is 2.42. The molecule has 0 aromatic heterocycles. The molecule has 24 heavy (non-hydrogen) atoms. The molecule has 0 spiro atoms. The van der Waals surface area contributed by atoms with Crippen molar-refractivity contribution in [1.82, 2.24) is 10.2 Å². The summed E-state index contributed by atoms with van der Waals surface area (Å²) in [6.07, 6.45) is 2.97. The van der Waals surface area contributed by atoms with Crippen LogP contribution in [0, 0.1) is 11.3 Å². The molecule has 0 saturated heterocycles. The van der Waals surface area contributed by atoms with Crippen molar-refractivity contribution >= 4 is 25.5 Å². The van der Waals surface area contributed by atoms with Gasteiger partial charge in [-0.2, -0.15) is 0 Å². The molecule has 0 saturated carbocycles. The number of carbonyl (C=O) groups is 3. The lowest BCUT2D eigenvalue weighted by Gasteiger charge is -2.37. The van der Waals surface area contributed by atoms with Crippen LogP contribution in [0.4, 0.5) is 4.79 Å². The molecule has 0 aliphatic carbocycles. The zero-order valence-electron chi connectivity index (χ0n) is 15.8. The van der Waals surface area contributed by atoms with Gasteiger partial charge in [-0.1, -0.05) is 40.7 Å². The van der Waals surface area contributed by atoms with Crippen molar-refractivity contribution in [1.29, 1.82) is 0 Å². The third-order valence-electron chi connectivity index (χ3n) is 3.59. The van der Waals surface area contributed by atoms with E-state index in [0.29, 0.717) is 6.61 Å². The molecule has 2 atom stereocenters. The van der Waals surface area contributed by atoms with Crippen molar-refractivity contribution < 1.29 is 19.1 Å². The second-order valence-corrected chi connectivity index (χ2v) is 7.10. The van der Waals surface area contributed by atoms with Crippen molar-refractivity contribution in [3.63, 3.8) is 0 Å². The van der Waals surface area contributed by atoms with E-state index in [1.54, 1.807) is 20.0 Å². The Balaban J connectivity index is 5.38. The molecule has 6 nitrogen and oxygen atoms in total. The molecule has 0 aromatic carbocycles. The minimum Gasteiger partial charge on any atom is -0.463 e. The number of rotatable bonds is 7. The summed E-state index contributed by atoms with van der Waals surface area (Å²) in [4.78, 5) is 37.1. The van der Waals surface area contributed by atoms with Crippen LogP contribution in [0.15, 0.2) is 12.2 Å². The Morgan fingerprint density at radius 1 is 1.25 bits per heavy atom. The van der Waals surface area contributed by atoms with Crippen molar-refractivity contribution in [2.24, 2.45) is 11.3 Å². The first-order valence-electron chi connectivity index (χ1n) is 8.09. The van der Waals surface area contributed by atoms with E-state index in [1.807, 2.05) is 34.6 Å². The second kappa shape index (κ2) is 9.50. The van der Waals surface area contributed by atoms with E-state index < -0.39 is 23.2 Å². The minimum absolute atomic E-state index is 0.0684. The Hall–Kier alpha value is -1.79. The van der Waals surface area contributed by atoms with E-state index in [4.69, 9.17) is 12.6 Å². The monoisotopic (exact) mass is 336 g/mol. The summed E-state index contributed by atoms with van der Waals surface area (Å²) < 4.78 is 4.86. The van der Waals surface area contributed by atoms with Gasteiger partial charge >= 0.3 is 5.97 Å². The fourth-order valence-electron chi connectivity index (χ4n) is 2.31. The number of esters is 1. The van der Waals surface area contributed by atoms with Crippen LogP contribution in [0.2, 0.25) is 0 Å². The largest absolute Gasteiger partial charge is 0.463 e. The molecule has 2 radical (unpaired) electrons. The molecule has 0 fully saturated rings. The maximum Gasteiger partial charge on any atom is 0.330 e. The lowest BCUT2D eigenvalue weighted by molar-refractivity contribution is -0.138. The smallest absolute Gasteiger partial charge is 0.330 e. The van der Waals surface area contributed by atoms with E-state index in [1.165, 1.54) is 11.0 Å². The van der Waals surface area contributed by atoms with E-state index in [-0.39, 0.29) is 17.9 Å². The van der Waals surface area contributed by atoms with Crippen LogP contribution in [0.3, 0.4) is 0 Å². The van der Waals surface area contributed by atoms with Crippen LogP contribution >= 0.6 is 0 Å². The molecule has 0 unspecified atom stereocenters. The lowest BCUT2D eigenvalue weighted by atomic mass is 9.84. The molecule has 0 bridgehead atoms. The van der Waals surface area contributed by atoms with Gasteiger partial charge in [-0.05, 0) is 18.3 Å². The van der Waals surface area contributed by atoms with E-state index in [2.05, 4.69) is 5.32 Å². The Labute approximate surface area is 146 Å². The number of carbonyl (C=O) groups excluding carboxylic acids is 3. The zero-order valence-corrected chi connectivity index (χ0v) is 15.8. The van der Waals surface area contributed by atoms with Crippen LogP contribution in [-0.2, 0) is 14.3 Å². The summed E-state index contributed by atoms with van der Waals surface area (Å²) in [5.74, 6) is -1.40. The SMILES string of the molecule is [B]C(=O)N[C@H](C(=O)N(C)[C@H](/C=C/C(=O)OCC)C(C)C)C(C)(C)C. The van der Waals surface area contributed by atoms with Crippen LogP contribution in [0.25, 0.3) is 0 Å². The number of nitrogens with one attached hydrogen (secondary N) is 1. The third-order valence-corrected chi connectivity index (χ3v) is 3.59. The molecule has 2 amide bonds. The first-order valence-corrected chi connectivity index (χ1v) is 8.09. The second-order valence-electron chi connectivity index (χ2n) is 7.10. The van der Waals surface area contributed by atoms with Gasteiger partial charge in [0.05, 0.1) is 12.6 Å².